The van der Waals surface area contributed by atoms with E-state index in [0.717, 1.165) is 18.9 Å². The number of carbonyl (C=O) groups is 2. The van der Waals surface area contributed by atoms with Crippen LogP contribution in [-0.4, -0.2) is 66.4 Å². The molecule has 244 valence electrons. The molecule has 0 rings (SSSR count). The Morgan fingerprint density at radius 3 is 1.12 bits per heavy atom. The van der Waals surface area contributed by atoms with Crippen molar-refractivity contribution in [1.82, 2.24) is 17.2 Å². The molecule has 0 aromatic carbocycles. The van der Waals surface area contributed by atoms with Crippen LogP contribution in [0.1, 0.15) is 135 Å². The SMILES string of the molecule is C=CC(=O)O.CCCCCCCCCCCCCCCCCCCCCC(=O)O.CN(C)CCS(=O)(=O)O.N.N. The topological polar surface area (TPSA) is 202 Å². The van der Waals surface area contributed by atoms with Crippen molar-refractivity contribution < 1.29 is 32.8 Å². The second-order valence-corrected chi connectivity index (χ2v) is 11.7. The van der Waals surface area contributed by atoms with Gasteiger partial charge in [-0.2, -0.15) is 8.42 Å². The molecule has 0 unspecified atom stereocenters. The van der Waals surface area contributed by atoms with E-state index in [1.807, 2.05) is 0 Å². The second kappa shape index (κ2) is 37.5. The minimum absolute atomic E-state index is 0. The summed E-state index contributed by atoms with van der Waals surface area (Å²) >= 11 is 0. The Labute approximate surface area is 246 Å². The van der Waals surface area contributed by atoms with E-state index >= 15 is 0 Å². The van der Waals surface area contributed by atoms with E-state index in [0.29, 0.717) is 13.0 Å². The molecule has 0 spiro atoms. The maximum Gasteiger partial charge on any atom is 0.327 e. The molecule has 0 radical (unpaired) electrons. The summed E-state index contributed by atoms with van der Waals surface area (Å²) in [6, 6.07) is 0. The van der Waals surface area contributed by atoms with E-state index in [-0.39, 0.29) is 18.1 Å². The highest BCUT2D eigenvalue weighted by Gasteiger charge is 2.03. The molecule has 0 aliphatic heterocycles. The number of unbranched alkanes of at least 4 members (excludes halogenated alkanes) is 18. The molecule has 0 saturated carbocycles. The minimum Gasteiger partial charge on any atom is -0.481 e. The molecular formula is C29H65N3O7S. The van der Waals surface area contributed by atoms with E-state index in [1.165, 1.54) is 109 Å². The van der Waals surface area contributed by atoms with Crippen LogP contribution in [0.15, 0.2) is 12.7 Å². The van der Waals surface area contributed by atoms with Crippen molar-refractivity contribution in [1.29, 1.82) is 0 Å². The third-order valence-electron chi connectivity index (χ3n) is 5.97. The first kappa shape index (κ1) is 48.2. The fourth-order valence-corrected chi connectivity index (χ4v) is 4.25. The number of carboxylic acids is 2. The van der Waals surface area contributed by atoms with Crippen LogP contribution in [0.3, 0.4) is 0 Å². The normalized spacial score (nSPS) is 10.2. The van der Waals surface area contributed by atoms with Crippen LogP contribution in [0.5, 0.6) is 0 Å². The Hall–Kier alpha value is -1.53. The minimum atomic E-state index is -3.76. The number of carboxylic acid groups (broad SMARTS) is 2. The van der Waals surface area contributed by atoms with Gasteiger partial charge >= 0.3 is 11.9 Å². The summed E-state index contributed by atoms with van der Waals surface area (Å²) in [4.78, 5) is 21.3. The number of rotatable bonds is 24. The molecule has 0 atom stereocenters. The number of hydrogen-bond donors (Lipinski definition) is 5. The largest absolute Gasteiger partial charge is 0.481 e. The van der Waals surface area contributed by atoms with Gasteiger partial charge in [0.05, 0.1) is 5.75 Å². The maximum atomic E-state index is 10.4. The zero-order chi connectivity index (χ0) is 29.5. The van der Waals surface area contributed by atoms with Gasteiger partial charge in [-0.25, -0.2) is 4.79 Å². The lowest BCUT2D eigenvalue weighted by atomic mass is 10.0. The average Bonchev–Trinajstić information content (AvgIpc) is 2.84. The molecule has 0 saturated heterocycles. The fourth-order valence-electron chi connectivity index (χ4n) is 3.65. The highest BCUT2D eigenvalue weighted by molar-refractivity contribution is 7.85. The quantitative estimate of drug-likeness (QED) is 0.0412. The molecule has 0 heterocycles. The number of hydrogen-bond acceptors (Lipinski definition) is 7. The Morgan fingerprint density at radius 1 is 0.675 bits per heavy atom. The van der Waals surface area contributed by atoms with Crippen molar-refractivity contribution >= 4 is 22.1 Å². The van der Waals surface area contributed by atoms with Gasteiger partial charge in [-0.15, -0.1) is 0 Å². The summed E-state index contributed by atoms with van der Waals surface area (Å²) in [5.41, 5.74) is 0. The van der Waals surface area contributed by atoms with Gasteiger partial charge in [0.1, 0.15) is 0 Å². The van der Waals surface area contributed by atoms with E-state index < -0.39 is 22.1 Å². The Kier molecular flexibility index (Phi) is 45.2. The van der Waals surface area contributed by atoms with Gasteiger partial charge in [0, 0.05) is 19.0 Å². The lowest BCUT2D eigenvalue weighted by molar-refractivity contribution is -0.137. The Morgan fingerprint density at radius 2 is 0.950 bits per heavy atom. The van der Waals surface area contributed by atoms with Crippen LogP contribution in [0.4, 0.5) is 0 Å². The van der Waals surface area contributed by atoms with Gasteiger partial charge in [-0.3, -0.25) is 9.35 Å². The first-order valence-electron chi connectivity index (χ1n) is 14.6. The summed E-state index contributed by atoms with van der Waals surface area (Å²) in [6.45, 7) is 5.60. The highest BCUT2D eigenvalue weighted by Crippen LogP contribution is 2.14. The molecule has 10 nitrogen and oxygen atoms in total. The lowest BCUT2D eigenvalue weighted by Gasteiger charge is -2.05. The monoisotopic (exact) mass is 599 g/mol. The van der Waals surface area contributed by atoms with Gasteiger partial charge < -0.3 is 27.4 Å². The van der Waals surface area contributed by atoms with Gasteiger partial charge in [0.25, 0.3) is 10.1 Å². The zero-order valence-electron chi connectivity index (χ0n) is 26.1. The summed E-state index contributed by atoms with van der Waals surface area (Å²) in [5.74, 6) is -1.83. The van der Waals surface area contributed by atoms with Crippen molar-refractivity contribution in [3.05, 3.63) is 12.7 Å². The third kappa shape index (κ3) is 60.8. The smallest absolute Gasteiger partial charge is 0.327 e. The van der Waals surface area contributed by atoms with Crippen molar-refractivity contribution in [3.8, 4) is 0 Å². The van der Waals surface area contributed by atoms with Gasteiger partial charge in [-0.1, -0.05) is 129 Å². The fraction of sp³-hybridized carbons (Fsp3) is 0.862. The van der Waals surface area contributed by atoms with Crippen LogP contribution >= 0.6 is 0 Å². The molecule has 0 aliphatic carbocycles. The lowest BCUT2D eigenvalue weighted by Crippen LogP contribution is -2.21. The summed E-state index contributed by atoms with van der Waals surface area (Å²) in [7, 11) is -0.278. The van der Waals surface area contributed by atoms with E-state index in [2.05, 4.69) is 13.5 Å². The highest BCUT2D eigenvalue weighted by atomic mass is 32.2. The van der Waals surface area contributed by atoms with Crippen LogP contribution in [0, 0.1) is 0 Å². The standard InChI is InChI=1S/C22H44O2.C4H11NO3S.C3H4O2.2H3N/c1-2-3-4-5-6-7-8-9-10-11-12-13-14-15-16-17-18-19-20-21-22(23)24;1-5(2)3-4-9(6,7)8;1-2-3(4)5;;/h2-21H2,1H3,(H,23,24);3-4H2,1-2H3,(H,6,7,8);2H,1H2,(H,4,5);2*1H3. The van der Waals surface area contributed by atoms with Crippen molar-refractivity contribution in [2.24, 2.45) is 0 Å². The predicted octanol–water partition coefficient (Wildman–Crippen LogP) is 7.91. The maximum absolute atomic E-state index is 10.4. The van der Waals surface area contributed by atoms with Crippen LogP contribution < -0.4 is 12.3 Å². The Balaban J connectivity index is -0.000000211. The van der Waals surface area contributed by atoms with Gasteiger partial charge in [-0.05, 0) is 20.5 Å². The van der Waals surface area contributed by atoms with Crippen LogP contribution in [0.2, 0.25) is 0 Å². The number of aliphatic carboxylic acids is 2. The molecular weight excluding hydrogens is 534 g/mol. The van der Waals surface area contributed by atoms with Crippen LogP contribution in [0.25, 0.3) is 0 Å². The molecule has 0 amide bonds. The molecule has 40 heavy (non-hydrogen) atoms. The van der Waals surface area contributed by atoms with E-state index in [1.54, 1.807) is 19.0 Å². The summed E-state index contributed by atoms with van der Waals surface area (Å²) in [6.07, 6.45) is 26.9. The van der Waals surface area contributed by atoms with Crippen molar-refractivity contribution in [2.75, 3.05) is 26.4 Å². The van der Waals surface area contributed by atoms with Crippen molar-refractivity contribution in [2.45, 2.75) is 135 Å². The second-order valence-electron chi connectivity index (χ2n) is 10.1. The first-order chi connectivity index (χ1) is 18.0. The van der Waals surface area contributed by atoms with E-state index in [9.17, 15) is 18.0 Å². The first-order valence-corrected chi connectivity index (χ1v) is 16.2. The molecule has 0 fully saturated rings. The van der Waals surface area contributed by atoms with Crippen LogP contribution in [-0.2, 0) is 19.7 Å². The number of nitrogens with zero attached hydrogens (tertiary/aromatic N) is 1. The zero-order valence-corrected chi connectivity index (χ0v) is 26.9. The Bertz CT molecular complexity index is 646. The summed E-state index contributed by atoms with van der Waals surface area (Å²) < 4.78 is 28.3. The van der Waals surface area contributed by atoms with Crippen molar-refractivity contribution in [3.63, 3.8) is 0 Å². The molecule has 0 aliphatic rings. The molecule has 9 N–H and O–H groups in total. The molecule has 0 aromatic rings. The molecule has 0 aromatic heterocycles. The molecule has 11 heteroatoms. The average molecular weight is 600 g/mol. The van der Waals surface area contributed by atoms with E-state index in [4.69, 9.17) is 14.8 Å². The van der Waals surface area contributed by atoms with Gasteiger partial charge in [0.15, 0.2) is 0 Å². The molecule has 0 bridgehead atoms. The summed E-state index contributed by atoms with van der Waals surface area (Å²) in [5, 5.41) is 16.2. The van der Waals surface area contributed by atoms with Gasteiger partial charge in [0.2, 0.25) is 0 Å². The predicted molar refractivity (Wildman–Crippen MR) is 168 cm³/mol. The third-order valence-corrected chi connectivity index (χ3v) is 6.66.